The van der Waals surface area contributed by atoms with Gasteiger partial charge in [-0.15, -0.1) is 11.6 Å². The highest BCUT2D eigenvalue weighted by atomic mass is 35.5. The number of rotatable bonds is 2. The first-order valence-electron chi connectivity index (χ1n) is 6.45. The molecule has 2 aliphatic rings. The standard InChI is InChI=1S/C15H19Cl/c16-11-14-10-15(14)8-6-13(7-9-15)12-4-2-1-3-5-12/h1-5,13-14H,6-11H2. The predicted molar refractivity (Wildman–Crippen MR) is 68.9 cm³/mol. The van der Waals surface area contributed by atoms with Crippen LogP contribution in [0.4, 0.5) is 0 Å². The molecule has 0 bridgehead atoms. The molecular formula is C15H19Cl. The average Bonchev–Trinajstić information content (AvgIpc) is 3.04. The molecule has 1 heteroatoms. The van der Waals surface area contributed by atoms with Gasteiger partial charge < -0.3 is 0 Å². The molecule has 0 aliphatic heterocycles. The molecule has 1 unspecified atom stereocenters. The molecule has 0 saturated heterocycles. The number of halogens is 1. The smallest absolute Gasteiger partial charge is 0.0257 e. The lowest BCUT2D eigenvalue weighted by molar-refractivity contribution is 0.287. The van der Waals surface area contributed by atoms with Gasteiger partial charge in [-0.3, -0.25) is 0 Å². The molecule has 1 aromatic rings. The minimum Gasteiger partial charge on any atom is -0.126 e. The molecule has 1 atom stereocenters. The van der Waals surface area contributed by atoms with Crippen molar-refractivity contribution in [3.8, 4) is 0 Å². The van der Waals surface area contributed by atoms with Crippen LogP contribution in [0.1, 0.15) is 43.6 Å². The van der Waals surface area contributed by atoms with E-state index in [-0.39, 0.29) is 0 Å². The molecule has 86 valence electrons. The van der Waals surface area contributed by atoms with Crippen LogP contribution in [0, 0.1) is 11.3 Å². The molecule has 0 N–H and O–H groups in total. The Labute approximate surface area is 103 Å². The maximum atomic E-state index is 5.98. The van der Waals surface area contributed by atoms with Gasteiger partial charge in [0.25, 0.3) is 0 Å². The number of benzene rings is 1. The van der Waals surface area contributed by atoms with Crippen LogP contribution >= 0.6 is 11.6 Å². The zero-order chi connectivity index (χ0) is 11.0. The maximum absolute atomic E-state index is 5.98. The summed E-state index contributed by atoms with van der Waals surface area (Å²) in [6.45, 7) is 0. The topological polar surface area (TPSA) is 0 Å². The van der Waals surface area contributed by atoms with Crippen LogP contribution in [0.5, 0.6) is 0 Å². The van der Waals surface area contributed by atoms with E-state index in [0.29, 0.717) is 5.41 Å². The quantitative estimate of drug-likeness (QED) is 0.657. The van der Waals surface area contributed by atoms with Gasteiger partial charge in [0.05, 0.1) is 0 Å². The first kappa shape index (κ1) is 10.7. The normalized spacial score (nSPS) is 37.6. The summed E-state index contributed by atoms with van der Waals surface area (Å²) in [4.78, 5) is 0. The van der Waals surface area contributed by atoms with E-state index in [4.69, 9.17) is 11.6 Å². The van der Waals surface area contributed by atoms with Gasteiger partial charge in [-0.25, -0.2) is 0 Å². The Morgan fingerprint density at radius 1 is 1.12 bits per heavy atom. The van der Waals surface area contributed by atoms with Gasteiger partial charge in [0.15, 0.2) is 0 Å². The van der Waals surface area contributed by atoms with E-state index in [1.54, 1.807) is 5.56 Å². The molecular weight excluding hydrogens is 216 g/mol. The van der Waals surface area contributed by atoms with Crippen LogP contribution in [-0.4, -0.2) is 5.88 Å². The highest BCUT2D eigenvalue weighted by Gasteiger charge is 2.53. The van der Waals surface area contributed by atoms with E-state index >= 15 is 0 Å². The molecule has 0 heterocycles. The Kier molecular flexibility index (Phi) is 2.71. The fourth-order valence-corrected chi connectivity index (χ4v) is 3.95. The van der Waals surface area contributed by atoms with E-state index in [1.807, 2.05) is 0 Å². The van der Waals surface area contributed by atoms with Crippen molar-refractivity contribution in [2.75, 3.05) is 5.88 Å². The molecule has 1 aromatic carbocycles. The van der Waals surface area contributed by atoms with Crippen molar-refractivity contribution < 1.29 is 0 Å². The summed E-state index contributed by atoms with van der Waals surface area (Å²) >= 11 is 5.98. The summed E-state index contributed by atoms with van der Waals surface area (Å²) in [7, 11) is 0. The third-order valence-corrected chi connectivity index (χ3v) is 5.17. The summed E-state index contributed by atoms with van der Waals surface area (Å²) in [5.74, 6) is 2.53. The van der Waals surface area contributed by atoms with Crippen LogP contribution < -0.4 is 0 Å². The molecule has 0 amide bonds. The molecule has 3 rings (SSSR count). The SMILES string of the molecule is ClCC1CC12CCC(c1ccccc1)CC2. The lowest BCUT2D eigenvalue weighted by Gasteiger charge is -2.29. The van der Waals surface area contributed by atoms with Crippen LogP contribution in [0.25, 0.3) is 0 Å². The van der Waals surface area contributed by atoms with Gasteiger partial charge in [0.1, 0.15) is 0 Å². The fraction of sp³-hybridized carbons (Fsp3) is 0.600. The van der Waals surface area contributed by atoms with Crippen LogP contribution in [0.3, 0.4) is 0 Å². The van der Waals surface area contributed by atoms with Crippen molar-refractivity contribution in [3.05, 3.63) is 35.9 Å². The predicted octanol–water partition coefficient (Wildman–Crippen LogP) is 4.59. The molecule has 1 spiro atoms. The monoisotopic (exact) mass is 234 g/mol. The zero-order valence-electron chi connectivity index (χ0n) is 9.66. The van der Waals surface area contributed by atoms with Gasteiger partial charge in [-0.05, 0) is 54.9 Å². The third kappa shape index (κ3) is 1.78. The van der Waals surface area contributed by atoms with Crippen molar-refractivity contribution in [1.29, 1.82) is 0 Å². The zero-order valence-corrected chi connectivity index (χ0v) is 10.4. The average molecular weight is 235 g/mol. The second kappa shape index (κ2) is 4.07. The molecule has 0 radical (unpaired) electrons. The van der Waals surface area contributed by atoms with Crippen LogP contribution in [0.15, 0.2) is 30.3 Å². The molecule has 2 aliphatic carbocycles. The summed E-state index contributed by atoms with van der Waals surface area (Å²) in [5, 5.41) is 0. The molecule has 2 fully saturated rings. The van der Waals surface area contributed by atoms with E-state index in [2.05, 4.69) is 30.3 Å². The first-order chi connectivity index (χ1) is 7.84. The third-order valence-electron chi connectivity index (χ3n) is 4.80. The van der Waals surface area contributed by atoms with Crippen LogP contribution in [0.2, 0.25) is 0 Å². The Balaban J connectivity index is 1.64. The number of hydrogen-bond acceptors (Lipinski definition) is 0. The highest BCUT2D eigenvalue weighted by Crippen LogP contribution is 2.63. The second-order valence-electron chi connectivity index (χ2n) is 5.60. The van der Waals surface area contributed by atoms with Gasteiger partial charge in [0.2, 0.25) is 0 Å². The second-order valence-corrected chi connectivity index (χ2v) is 5.91. The van der Waals surface area contributed by atoms with E-state index in [1.165, 1.54) is 32.1 Å². The van der Waals surface area contributed by atoms with Gasteiger partial charge in [0, 0.05) is 5.88 Å². The van der Waals surface area contributed by atoms with Crippen molar-refractivity contribution in [3.63, 3.8) is 0 Å². The van der Waals surface area contributed by atoms with E-state index in [0.717, 1.165) is 17.7 Å². The Morgan fingerprint density at radius 3 is 2.38 bits per heavy atom. The van der Waals surface area contributed by atoms with E-state index in [9.17, 15) is 0 Å². The number of hydrogen-bond donors (Lipinski definition) is 0. The molecule has 0 nitrogen and oxygen atoms in total. The van der Waals surface area contributed by atoms with Gasteiger partial charge in [-0.2, -0.15) is 0 Å². The lowest BCUT2D eigenvalue weighted by Crippen LogP contribution is -2.16. The van der Waals surface area contributed by atoms with Gasteiger partial charge in [-0.1, -0.05) is 30.3 Å². The summed E-state index contributed by atoms with van der Waals surface area (Å²) < 4.78 is 0. The van der Waals surface area contributed by atoms with E-state index < -0.39 is 0 Å². The van der Waals surface area contributed by atoms with Gasteiger partial charge >= 0.3 is 0 Å². The van der Waals surface area contributed by atoms with Crippen molar-refractivity contribution >= 4 is 11.6 Å². The molecule has 0 aromatic heterocycles. The highest BCUT2D eigenvalue weighted by molar-refractivity contribution is 6.18. The minimum atomic E-state index is 0.674. The summed E-state index contributed by atoms with van der Waals surface area (Å²) in [5.41, 5.74) is 2.22. The summed E-state index contributed by atoms with van der Waals surface area (Å²) in [6, 6.07) is 11.0. The Bertz CT molecular complexity index is 349. The van der Waals surface area contributed by atoms with Crippen LogP contribution in [-0.2, 0) is 0 Å². The number of alkyl halides is 1. The first-order valence-corrected chi connectivity index (χ1v) is 6.98. The largest absolute Gasteiger partial charge is 0.126 e. The molecule has 16 heavy (non-hydrogen) atoms. The van der Waals surface area contributed by atoms with Crippen molar-refractivity contribution in [2.45, 2.75) is 38.0 Å². The van der Waals surface area contributed by atoms with Crippen molar-refractivity contribution in [1.82, 2.24) is 0 Å². The lowest BCUT2D eigenvalue weighted by atomic mass is 9.76. The van der Waals surface area contributed by atoms with Crippen molar-refractivity contribution in [2.24, 2.45) is 11.3 Å². The Morgan fingerprint density at radius 2 is 1.81 bits per heavy atom. The molecule has 2 saturated carbocycles. The Hall–Kier alpha value is -0.490. The minimum absolute atomic E-state index is 0.674. The maximum Gasteiger partial charge on any atom is 0.0257 e. The summed E-state index contributed by atoms with van der Waals surface area (Å²) in [6.07, 6.45) is 6.96. The fourth-order valence-electron chi connectivity index (χ4n) is 3.51.